The van der Waals surface area contributed by atoms with Crippen molar-refractivity contribution in [3.05, 3.63) is 0 Å². The van der Waals surface area contributed by atoms with Crippen molar-refractivity contribution in [1.82, 2.24) is 0 Å². The summed E-state index contributed by atoms with van der Waals surface area (Å²) in [5.74, 6) is 0. The van der Waals surface area contributed by atoms with Crippen molar-refractivity contribution in [2.75, 3.05) is 55.4 Å². The standard InChI is InChI=1S/C8H18O2P.C4H11O4P.5CH3O.2Ti/c1-3-5-7-9-11-10-8-6-4-2;1-2-3-4-8-9(5,6)7;5*1-2;;/h3-8H2,1-2H3;2-4H2,1H3,(H2,5,6,7);5*1H3;;/q-1;;5*-1;2*+4/p-2. The molecule has 15 heteroatoms. The molecule has 0 aromatic heterocycles. The number of hydrogen-bond acceptors (Lipinski definition) is 11. The van der Waals surface area contributed by atoms with Crippen LogP contribution >= 0.6 is 16.9 Å². The fraction of sp³-hybridized carbons (Fsp3) is 1.00. The van der Waals surface area contributed by atoms with E-state index in [9.17, 15) is 14.4 Å². The molecule has 0 rings (SSSR count). The Kier molecular flexibility index (Phi) is 142. The van der Waals surface area contributed by atoms with Gasteiger partial charge in [-0.05, 0) is 19.3 Å². The predicted molar refractivity (Wildman–Crippen MR) is 107 cm³/mol. The molecule has 0 saturated heterocycles. The Bertz CT molecular complexity index is 237. The van der Waals surface area contributed by atoms with Crippen molar-refractivity contribution < 1.29 is 96.9 Å². The van der Waals surface area contributed by atoms with Crippen molar-refractivity contribution in [1.29, 1.82) is 0 Å². The first-order valence-corrected chi connectivity index (χ1v) is 11.3. The van der Waals surface area contributed by atoms with Crippen LogP contribution in [0.3, 0.4) is 0 Å². The number of hydrogen-bond donors (Lipinski definition) is 0. The van der Waals surface area contributed by atoms with Gasteiger partial charge in [0.1, 0.15) is 0 Å². The molecule has 0 heterocycles. The van der Waals surface area contributed by atoms with Crippen LogP contribution in [0.4, 0.5) is 0 Å². The summed E-state index contributed by atoms with van der Waals surface area (Å²) in [6.45, 7) is 7.84. The summed E-state index contributed by atoms with van der Waals surface area (Å²) in [7, 11) is -0.253. The van der Waals surface area contributed by atoms with Gasteiger partial charge in [0.15, 0.2) is 0 Å². The van der Waals surface area contributed by atoms with Gasteiger partial charge in [0.2, 0.25) is 0 Å². The Morgan fingerprint density at radius 3 is 1.06 bits per heavy atom. The van der Waals surface area contributed by atoms with Crippen LogP contribution in [0, 0.1) is 0 Å². The van der Waals surface area contributed by atoms with Crippen molar-refractivity contribution in [3.8, 4) is 0 Å². The van der Waals surface area contributed by atoms with Crippen LogP contribution in [-0.4, -0.2) is 55.4 Å². The van der Waals surface area contributed by atoms with Crippen molar-refractivity contribution in [2.24, 2.45) is 0 Å². The van der Waals surface area contributed by atoms with Crippen LogP contribution in [-0.2, 0) is 61.6 Å². The summed E-state index contributed by atoms with van der Waals surface area (Å²) in [6, 6.07) is 0. The van der Waals surface area contributed by atoms with Crippen molar-refractivity contribution in [2.45, 2.75) is 59.3 Å². The molecule has 0 radical (unpaired) electrons. The Morgan fingerprint density at radius 2 is 0.844 bits per heavy atom. The molecule has 0 atom stereocenters. The summed E-state index contributed by atoms with van der Waals surface area (Å²) in [4.78, 5) is 19.5. The van der Waals surface area contributed by atoms with Crippen LogP contribution < -0.4 is 35.3 Å². The van der Waals surface area contributed by atoms with E-state index in [2.05, 4.69) is 18.4 Å². The predicted octanol–water partition coefficient (Wildman–Crippen LogP) is -2.09. The van der Waals surface area contributed by atoms with E-state index in [0.717, 1.165) is 68.0 Å². The van der Waals surface area contributed by atoms with E-state index in [-0.39, 0.29) is 50.0 Å². The van der Waals surface area contributed by atoms with Crippen molar-refractivity contribution >= 4 is 16.9 Å². The van der Waals surface area contributed by atoms with E-state index in [0.29, 0.717) is 15.5 Å². The first-order chi connectivity index (χ1) is 14.5. The summed E-state index contributed by atoms with van der Waals surface area (Å²) in [6.07, 6.45) is 6.05. The van der Waals surface area contributed by atoms with Gasteiger partial charge in [-0.1, -0.05) is 40.0 Å². The normalized spacial score (nSPS) is 7.84. The molecule has 0 N–H and O–H groups in total. The van der Waals surface area contributed by atoms with Crippen molar-refractivity contribution in [3.63, 3.8) is 0 Å². The SMILES string of the molecule is CCCCOP(=O)([O-])[O-].CCCCO[P-]OCCCC.C[O-].C[O-].C[O-].C[O-].C[O-].[Ti+4].[Ti+4]. The summed E-state index contributed by atoms with van der Waals surface area (Å²) in [5, 5.41) is 41.2. The molecule has 0 aromatic carbocycles. The van der Waals surface area contributed by atoms with Crippen LogP contribution in [0.2, 0.25) is 0 Å². The molecule has 0 spiro atoms. The molecule has 0 aliphatic carbocycles. The fourth-order valence-electron chi connectivity index (χ4n) is 0.850. The van der Waals surface area contributed by atoms with Gasteiger partial charge in [0.25, 0.3) is 0 Å². The van der Waals surface area contributed by atoms with E-state index >= 15 is 0 Å². The number of rotatable bonds is 12. The average molecular weight is 580 g/mol. The number of phosphoric ester groups is 1. The van der Waals surface area contributed by atoms with Gasteiger partial charge in [-0.25, -0.2) is 9.03 Å². The molecular formula is C17H42O11P2Ti2. The molecule has 194 valence electrons. The van der Waals surface area contributed by atoms with E-state index in [4.69, 9.17) is 34.6 Å². The van der Waals surface area contributed by atoms with Gasteiger partial charge in [0, 0.05) is 13.2 Å². The minimum atomic E-state index is -4.70. The second kappa shape index (κ2) is 76.7. The minimum absolute atomic E-state index is 0. The molecule has 0 amide bonds. The molecule has 0 aliphatic heterocycles. The first-order valence-electron chi connectivity index (χ1n) is 9.12. The second-order valence-electron chi connectivity index (χ2n) is 4.08. The maximum atomic E-state index is 9.76. The molecule has 11 nitrogen and oxygen atoms in total. The molecular weight excluding hydrogens is 538 g/mol. The zero-order chi connectivity index (χ0) is 25.7. The third-order valence-corrected chi connectivity index (χ3v) is 3.11. The fourth-order valence-corrected chi connectivity index (χ4v) is 1.68. The molecule has 0 aliphatic rings. The Balaban J connectivity index is -0.0000000326. The topological polar surface area (TPSA) is 206 Å². The van der Waals surface area contributed by atoms with Crippen LogP contribution in [0.5, 0.6) is 0 Å². The smallest absolute Gasteiger partial charge is 0.857 e. The summed E-state index contributed by atoms with van der Waals surface area (Å²) in [5.41, 5.74) is 0. The monoisotopic (exact) mass is 580 g/mol. The van der Waals surface area contributed by atoms with E-state index in [1.807, 2.05) is 6.92 Å². The van der Waals surface area contributed by atoms with Crippen LogP contribution in [0.1, 0.15) is 59.3 Å². The average Bonchev–Trinajstić information content (AvgIpc) is 2.80. The zero-order valence-electron chi connectivity index (χ0n) is 20.7. The molecule has 0 saturated carbocycles. The van der Waals surface area contributed by atoms with Gasteiger partial charge in [-0.15, -0.1) is 0 Å². The third-order valence-electron chi connectivity index (χ3n) is 2.03. The zero-order valence-corrected chi connectivity index (χ0v) is 25.7. The molecule has 0 aromatic rings. The Labute approximate surface area is 227 Å². The van der Waals surface area contributed by atoms with Crippen LogP contribution in [0.25, 0.3) is 0 Å². The number of unbranched alkanes of at least 4 members (excludes halogenated alkanes) is 3. The van der Waals surface area contributed by atoms with Gasteiger partial charge in [0.05, 0.1) is 14.4 Å². The quantitative estimate of drug-likeness (QED) is 0.139. The van der Waals surface area contributed by atoms with Gasteiger partial charge >= 0.3 is 43.4 Å². The third kappa shape index (κ3) is 121. The molecule has 0 bridgehead atoms. The van der Waals surface area contributed by atoms with E-state index in [1.165, 1.54) is 12.8 Å². The van der Waals surface area contributed by atoms with Gasteiger partial charge in [-0.2, -0.15) is 35.5 Å². The van der Waals surface area contributed by atoms with E-state index < -0.39 is 7.82 Å². The Hall–Kier alpha value is 1.69. The summed E-state index contributed by atoms with van der Waals surface area (Å²) >= 11 is 0. The van der Waals surface area contributed by atoms with Gasteiger partial charge in [-0.3, -0.25) is 0 Å². The largest absolute Gasteiger partial charge is 4.00 e. The second-order valence-corrected chi connectivity index (χ2v) is 5.90. The first kappa shape index (κ1) is 59.1. The number of phosphoric acid groups is 1. The molecule has 0 fully saturated rings. The molecule has 0 unspecified atom stereocenters. The molecule has 32 heavy (non-hydrogen) atoms. The minimum Gasteiger partial charge on any atom is -0.857 e. The van der Waals surface area contributed by atoms with Crippen LogP contribution in [0.15, 0.2) is 0 Å². The van der Waals surface area contributed by atoms with E-state index in [1.54, 1.807) is 0 Å². The maximum Gasteiger partial charge on any atom is 4.00 e. The summed E-state index contributed by atoms with van der Waals surface area (Å²) < 4.78 is 24.0. The van der Waals surface area contributed by atoms with Gasteiger partial charge < -0.3 is 53.5 Å². The maximum absolute atomic E-state index is 9.76. The Morgan fingerprint density at radius 1 is 0.594 bits per heavy atom.